The van der Waals surface area contributed by atoms with E-state index in [4.69, 9.17) is 0 Å². The van der Waals surface area contributed by atoms with Gasteiger partial charge in [-0.25, -0.2) is 0 Å². The van der Waals surface area contributed by atoms with Gasteiger partial charge < -0.3 is 5.11 Å². The van der Waals surface area contributed by atoms with E-state index >= 15 is 0 Å². The van der Waals surface area contributed by atoms with Crippen molar-refractivity contribution in [3.8, 4) is 0 Å². The molecule has 0 saturated carbocycles. The van der Waals surface area contributed by atoms with E-state index in [9.17, 15) is 5.11 Å². The van der Waals surface area contributed by atoms with E-state index in [0.29, 0.717) is 0 Å². The smallest absolute Gasteiger partial charge is 0.0882 e. The number of rotatable bonds is 5. The van der Waals surface area contributed by atoms with Crippen molar-refractivity contribution in [3.05, 3.63) is 57.3 Å². The van der Waals surface area contributed by atoms with Crippen molar-refractivity contribution >= 4 is 11.3 Å². The number of aryl methyl sites for hydroxylation is 3. The lowest BCUT2D eigenvalue weighted by atomic mass is 10.0. The van der Waals surface area contributed by atoms with Gasteiger partial charge >= 0.3 is 0 Å². The number of aliphatic hydroxyl groups excluding tert-OH is 1. The third-order valence-electron chi connectivity index (χ3n) is 4.38. The Labute approximate surface area is 131 Å². The van der Waals surface area contributed by atoms with Gasteiger partial charge in [-0.15, -0.1) is 11.3 Å². The van der Waals surface area contributed by atoms with E-state index in [0.717, 1.165) is 19.3 Å². The van der Waals surface area contributed by atoms with Crippen molar-refractivity contribution < 1.29 is 5.11 Å². The zero-order valence-electron chi connectivity index (χ0n) is 12.6. The monoisotopic (exact) mass is 300 g/mol. The molecular weight excluding hydrogens is 276 g/mol. The number of benzene rings is 1. The van der Waals surface area contributed by atoms with Gasteiger partial charge in [-0.05, 0) is 62.1 Å². The summed E-state index contributed by atoms with van der Waals surface area (Å²) in [5.74, 6) is 0. The third-order valence-corrected chi connectivity index (χ3v) is 5.72. The Balaban J connectivity index is 1.54. The Hall–Kier alpha value is -1.12. The van der Waals surface area contributed by atoms with Crippen molar-refractivity contribution in [2.24, 2.45) is 0 Å². The molecule has 0 bridgehead atoms. The fourth-order valence-corrected chi connectivity index (χ4v) is 4.42. The first-order valence-electron chi connectivity index (χ1n) is 8.16. The van der Waals surface area contributed by atoms with Crippen molar-refractivity contribution in [1.29, 1.82) is 0 Å². The van der Waals surface area contributed by atoms with E-state index in [1.54, 1.807) is 0 Å². The van der Waals surface area contributed by atoms with Gasteiger partial charge in [-0.2, -0.15) is 0 Å². The average molecular weight is 300 g/mol. The zero-order chi connectivity index (χ0) is 14.5. The van der Waals surface area contributed by atoms with Crippen LogP contribution in [0.25, 0.3) is 0 Å². The molecule has 1 nitrogen and oxygen atoms in total. The van der Waals surface area contributed by atoms with E-state index in [1.807, 2.05) is 11.3 Å². The highest BCUT2D eigenvalue weighted by Gasteiger charge is 2.16. The summed E-state index contributed by atoms with van der Waals surface area (Å²) in [6.45, 7) is 0. The average Bonchev–Trinajstić information content (AvgIpc) is 2.79. The van der Waals surface area contributed by atoms with E-state index in [1.165, 1.54) is 53.0 Å². The minimum atomic E-state index is -0.273. The molecule has 1 unspecified atom stereocenters. The number of aliphatic hydroxyl groups is 1. The first-order valence-corrected chi connectivity index (χ1v) is 8.98. The normalized spacial score (nSPS) is 16.2. The second kappa shape index (κ2) is 7.24. The van der Waals surface area contributed by atoms with Gasteiger partial charge in [0.1, 0.15) is 0 Å². The third kappa shape index (κ3) is 3.96. The first kappa shape index (κ1) is 14.8. The molecule has 0 amide bonds. The van der Waals surface area contributed by atoms with Gasteiger partial charge in [-0.3, -0.25) is 0 Å². The molecule has 1 aliphatic carbocycles. The molecule has 21 heavy (non-hydrogen) atoms. The highest BCUT2D eigenvalue weighted by atomic mass is 32.1. The van der Waals surface area contributed by atoms with Crippen LogP contribution in [0.15, 0.2) is 36.4 Å². The molecule has 1 N–H and O–H groups in total. The van der Waals surface area contributed by atoms with Crippen LogP contribution >= 0.6 is 11.3 Å². The van der Waals surface area contributed by atoms with Crippen molar-refractivity contribution in [1.82, 2.24) is 0 Å². The van der Waals surface area contributed by atoms with Crippen LogP contribution in [0.4, 0.5) is 0 Å². The van der Waals surface area contributed by atoms with E-state index in [2.05, 4.69) is 36.4 Å². The number of hydrogen-bond donors (Lipinski definition) is 1. The van der Waals surface area contributed by atoms with Gasteiger partial charge in [0.25, 0.3) is 0 Å². The summed E-state index contributed by atoms with van der Waals surface area (Å²) in [4.78, 5) is 2.72. The Kier molecular flexibility index (Phi) is 5.10. The molecule has 0 fully saturated rings. The van der Waals surface area contributed by atoms with Gasteiger partial charge in [0, 0.05) is 9.75 Å². The fraction of sp³-hybridized carbons (Fsp3) is 0.474. The van der Waals surface area contributed by atoms with Crippen LogP contribution in [0.5, 0.6) is 0 Å². The molecule has 1 heterocycles. The maximum absolute atomic E-state index is 10.4. The van der Waals surface area contributed by atoms with Crippen LogP contribution in [0.2, 0.25) is 0 Å². The molecule has 0 radical (unpaired) electrons. The fourth-order valence-electron chi connectivity index (χ4n) is 3.14. The minimum absolute atomic E-state index is 0.273. The van der Waals surface area contributed by atoms with Gasteiger partial charge in [-0.1, -0.05) is 36.8 Å². The van der Waals surface area contributed by atoms with Crippen molar-refractivity contribution in [2.45, 2.75) is 57.5 Å². The highest BCUT2D eigenvalue weighted by molar-refractivity contribution is 7.12. The predicted molar refractivity (Wildman–Crippen MR) is 89.9 cm³/mol. The molecule has 1 aliphatic rings. The molecule has 112 valence electrons. The SMILES string of the molecule is OC(CCCc1ccccc1)c1cc2c(s1)CCCCC2. The Bertz CT molecular complexity index is 535. The predicted octanol–water partition coefficient (Wildman–Crippen LogP) is 5.07. The molecule has 0 spiro atoms. The molecule has 2 aromatic rings. The van der Waals surface area contributed by atoms with Crippen LogP contribution in [0.1, 0.15) is 59.1 Å². The zero-order valence-corrected chi connectivity index (χ0v) is 13.4. The van der Waals surface area contributed by atoms with Crippen molar-refractivity contribution in [2.75, 3.05) is 0 Å². The molecule has 3 rings (SSSR count). The molecule has 2 heteroatoms. The van der Waals surface area contributed by atoms with E-state index < -0.39 is 0 Å². The van der Waals surface area contributed by atoms with Gasteiger partial charge in [0.15, 0.2) is 0 Å². The van der Waals surface area contributed by atoms with E-state index in [-0.39, 0.29) is 6.10 Å². The number of hydrogen-bond acceptors (Lipinski definition) is 2. The standard InChI is InChI=1S/C19H24OS/c20-17(12-7-10-15-8-3-1-4-9-15)19-14-16-11-5-2-6-13-18(16)21-19/h1,3-4,8-9,14,17,20H,2,5-7,10-13H2. The topological polar surface area (TPSA) is 20.2 Å². The molecule has 0 saturated heterocycles. The lowest BCUT2D eigenvalue weighted by Gasteiger charge is -2.08. The summed E-state index contributed by atoms with van der Waals surface area (Å²) in [5.41, 5.74) is 2.88. The summed E-state index contributed by atoms with van der Waals surface area (Å²) < 4.78 is 0. The molecule has 1 atom stereocenters. The quantitative estimate of drug-likeness (QED) is 0.764. The first-order chi connectivity index (χ1) is 10.3. The summed E-state index contributed by atoms with van der Waals surface area (Å²) in [5, 5.41) is 10.4. The highest BCUT2D eigenvalue weighted by Crippen LogP contribution is 2.33. The Morgan fingerprint density at radius 3 is 2.71 bits per heavy atom. The maximum atomic E-state index is 10.4. The van der Waals surface area contributed by atoms with Crippen LogP contribution in [0.3, 0.4) is 0 Å². The molecular formula is C19H24OS. The second-order valence-electron chi connectivity index (χ2n) is 6.05. The van der Waals surface area contributed by atoms with Crippen LogP contribution in [-0.4, -0.2) is 5.11 Å². The van der Waals surface area contributed by atoms with Gasteiger partial charge in [0.2, 0.25) is 0 Å². The minimum Gasteiger partial charge on any atom is -0.388 e. The Morgan fingerprint density at radius 1 is 1.05 bits per heavy atom. The van der Waals surface area contributed by atoms with Crippen LogP contribution < -0.4 is 0 Å². The van der Waals surface area contributed by atoms with Gasteiger partial charge in [0.05, 0.1) is 6.10 Å². The molecule has 1 aromatic heterocycles. The van der Waals surface area contributed by atoms with Crippen molar-refractivity contribution in [3.63, 3.8) is 0 Å². The summed E-state index contributed by atoms with van der Waals surface area (Å²) in [6, 6.07) is 12.8. The number of fused-ring (bicyclic) bond motifs is 1. The second-order valence-corrected chi connectivity index (χ2v) is 7.22. The molecule has 0 aliphatic heterocycles. The lowest BCUT2D eigenvalue weighted by molar-refractivity contribution is 0.168. The summed E-state index contributed by atoms with van der Waals surface area (Å²) >= 11 is 1.85. The van der Waals surface area contributed by atoms with Crippen LogP contribution in [-0.2, 0) is 19.3 Å². The summed E-state index contributed by atoms with van der Waals surface area (Å²) in [7, 11) is 0. The Morgan fingerprint density at radius 2 is 1.86 bits per heavy atom. The van der Waals surface area contributed by atoms with Crippen LogP contribution in [0, 0.1) is 0 Å². The maximum Gasteiger partial charge on any atom is 0.0882 e. The number of thiophene rings is 1. The lowest BCUT2D eigenvalue weighted by Crippen LogP contribution is -1.96. The largest absolute Gasteiger partial charge is 0.388 e. The molecule has 1 aromatic carbocycles. The summed E-state index contributed by atoms with van der Waals surface area (Å²) in [6.07, 6.45) is 9.12.